The minimum Gasteiger partial charge on any atom is -0.486 e. The second-order valence-corrected chi connectivity index (χ2v) is 6.49. The van der Waals surface area contributed by atoms with Crippen LogP contribution in [0.3, 0.4) is 0 Å². The summed E-state index contributed by atoms with van der Waals surface area (Å²) in [6.45, 7) is 3.45. The molecule has 0 atom stereocenters. The molecule has 1 heterocycles. The van der Waals surface area contributed by atoms with Gasteiger partial charge in [-0.1, -0.05) is 18.2 Å². The SMILES string of the molecule is CCN(CC(=O)NCc1ccc(F)cc1)C(=O)/C=C/c1ccc2c(c1)OCCO2. The number of hydrogen-bond donors (Lipinski definition) is 1. The van der Waals surface area contributed by atoms with Crippen molar-refractivity contribution >= 4 is 17.9 Å². The van der Waals surface area contributed by atoms with Gasteiger partial charge in [-0.2, -0.15) is 0 Å². The molecule has 2 aromatic carbocycles. The Labute approximate surface area is 168 Å². The molecule has 0 saturated carbocycles. The van der Waals surface area contributed by atoms with Crippen molar-refractivity contribution in [3.05, 3.63) is 65.5 Å². The van der Waals surface area contributed by atoms with Gasteiger partial charge < -0.3 is 19.7 Å². The lowest BCUT2D eigenvalue weighted by atomic mass is 10.1. The number of hydrogen-bond acceptors (Lipinski definition) is 4. The number of amides is 2. The Morgan fingerprint density at radius 2 is 1.83 bits per heavy atom. The molecule has 3 rings (SSSR count). The molecule has 0 aliphatic carbocycles. The predicted octanol–water partition coefficient (Wildman–Crippen LogP) is 2.78. The molecule has 2 amide bonds. The average molecular weight is 398 g/mol. The molecule has 29 heavy (non-hydrogen) atoms. The summed E-state index contributed by atoms with van der Waals surface area (Å²) in [5, 5.41) is 2.74. The van der Waals surface area contributed by atoms with Crippen LogP contribution in [0, 0.1) is 5.82 Å². The molecule has 6 nitrogen and oxygen atoms in total. The van der Waals surface area contributed by atoms with E-state index in [0.717, 1.165) is 11.1 Å². The normalized spacial score (nSPS) is 12.6. The second-order valence-electron chi connectivity index (χ2n) is 6.49. The summed E-state index contributed by atoms with van der Waals surface area (Å²) in [5.74, 6) is 0.468. The molecule has 152 valence electrons. The van der Waals surface area contributed by atoms with E-state index in [1.165, 1.54) is 23.1 Å². The van der Waals surface area contributed by atoms with Crippen LogP contribution in [0.25, 0.3) is 6.08 Å². The molecule has 1 aliphatic rings. The largest absolute Gasteiger partial charge is 0.486 e. The first-order valence-electron chi connectivity index (χ1n) is 9.43. The predicted molar refractivity (Wildman–Crippen MR) is 107 cm³/mol. The van der Waals surface area contributed by atoms with Crippen molar-refractivity contribution < 1.29 is 23.5 Å². The number of carbonyl (C=O) groups excluding carboxylic acids is 2. The first-order chi connectivity index (χ1) is 14.0. The van der Waals surface area contributed by atoms with Gasteiger partial charge in [0, 0.05) is 19.2 Å². The van der Waals surface area contributed by atoms with Gasteiger partial charge in [-0.15, -0.1) is 0 Å². The number of likely N-dealkylation sites (N-methyl/N-ethyl adjacent to an activating group) is 1. The second kappa shape index (κ2) is 9.73. The molecule has 0 bridgehead atoms. The molecule has 0 radical (unpaired) electrons. The van der Waals surface area contributed by atoms with Crippen LogP contribution in [0.15, 0.2) is 48.5 Å². The number of rotatable bonds is 7. The van der Waals surface area contributed by atoms with Crippen molar-refractivity contribution in [3.63, 3.8) is 0 Å². The van der Waals surface area contributed by atoms with Gasteiger partial charge in [-0.05, 0) is 48.4 Å². The molecule has 0 fully saturated rings. The van der Waals surface area contributed by atoms with Gasteiger partial charge in [0.15, 0.2) is 11.5 Å². The van der Waals surface area contributed by atoms with Crippen LogP contribution in [0.1, 0.15) is 18.1 Å². The lowest BCUT2D eigenvalue weighted by molar-refractivity contribution is -0.132. The topological polar surface area (TPSA) is 67.9 Å². The van der Waals surface area contributed by atoms with E-state index in [1.807, 2.05) is 19.1 Å². The monoisotopic (exact) mass is 398 g/mol. The quantitative estimate of drug-likeness (QED) is 0.729. The Bertz CT molecular complexity index is 896. The summed E-state index contributed by atoms with van der Waals surface area (Å²) in [5.41, 5.74) is 1.59. The molecule has 7 heteroatoms. The summed E-state index contributed by atoms with van der Waals surface area (Å²) in [6, 6.07) is 11.3. The van der Waals surface area contributed by atoms with Gasteiger partial charge in [0.05, 0.1) is 6.54 Å². The average Bonchev–Trinajstić information content (AvgIpc) is 2.75. The Hall–Kier alpha value is -3.35. The fourth-order valence-electron chi connectivity index (χ4n) is 2.81. The summed E-state index contributed by atoms with van der Waals surface area (Å²) in [6.07, 6.45) is 3.11. The van der Waals surface area contributed by atoms with Crippen molar-refractivity contribution in [1.29, 1.82) is 0 Å². The Kier molecular flexibility index (Phi) is 6.84. The highest BCUT2D eigenvalue weighted by molar-refractivity contribution is 5.94. The Balaban J connectivity index is 1.53. The van der Waals surface area contributed by atoms with E-state index in [0.29, 0.717) is 31.3 Å². The fourth-order valence-corrected chi connectivity index (χ4v) is 2.81. The van der Waals surface area contributed by atoms with E-state index >= 15 is 0 Å². The first-order valence-corrected chi connectivity index (χ1v) is 9.43. The van der Waals surface area contributed by atoms with E-state index in [1.54, 1.807) is 24.3 Å². The number of fused-ring (bicyclic) bond motifs is 1. The molecular formula is C22H23FN2O4. The highest BCUT2D eigenvalue weighted by Gasteiger charge is 2.14. The maximum absolute atomic E-state index is 12.9. The minimum absolute atomic E-state index is 0.0536. The number of nitrogens with one attached hydrogen (secondary N) is 1. The molecule has 1 aliphatic heterocycles. The van der Waals surface area contributed by atoms with Crippen LogP contribution in [0.5, 0.6) is 11.5 Å². The van der Waals surface area contributed by atoms with Crippen molar-refractivity contribution in [2.75, 3.05) is 26.3 Å². The van der Waals surface area contributed by atoms with Crippen LogP contribution >= 0.6 is 0 Å². The maximum atomic E-state index is 12.9. The van der Waals surface area contributed by atoms with Crippen molar-refractivity contribution in [3.8, 4) is 11.5 Å². The van der Waals surface area contributed by atoms with Crippen molar-refractivity contribution in [1.82, 2.24) is 10.2 Å². The minimum atomic E-state index is -0.326. The molecule has 0 aromatic heterocycles. The lowest BCUT2D eigenvalue weighted by Crippen LogP contribution is -2.39. The van der Waals surface area contributed by atoms with E-state index in [9.17, 15) is 14.0 Å². The van der Waals surface area contributed by atoms with Crippen LogP contribution in [-0.2, 0) is 16.1 Å². The zero-order chi connectivity index (χ0) is 20.6. The molecule has 1 N–H and O–H groups in total. The smallest absolute Gasteiger partial charge is 0.247 e. The van der Waals surface area contributed by atoms with Crippen molar-refractivity contribution in [2.24, 2.45) is 0 Å². The van der Waals surface area contributed by atoms with Crippen LogP contribution in [0.2, 0.25) is 0 Å². The number of ether oxygens (including phenoxy) is 2. The molecule has 0 spiro atoms. The van der Waals surface area contributed by atoms with Gasteiger partial charge >= 0.3 is 0 Å². The number of carbonyl (C=O) groups is 2. The van der Waals surface area contributed by atoms with Crippen LogP contribution in [-0.4, -0.2) is 43.0 Å². The van der Waals surface area contributed by atoms with E-state index in [2.05, 4.69) is 5.32 Å². The maximum Gasteiger partial charge on any atom is 0.247 e. The summed E-state index contributed by atoms with van der Waals surface area (Å²) < 4.78 is 23.9. The highest BCUT2D eigenvalue weighted by atomic mass is 19.1. The van der Waals surface area contributed by atoms with E-state index in [-0.39, 0.29) is 30.7 Å². The third kappa shape index (κ3) is 5.81. The lowest BCUT2D eigenvalue weighted by Gasteiger charge is -2.19. The molecule has 0 unspecified atom stereocenters. The first kappa shape index (κ1) is 20.4. The third-order valence-electron chi connectivity index (χ3n) is 4.42. The van der Waals surface area contributed by atoms with Gasteiger partial charge in [-0.3, -0.25) is 9.59 Å². The number of nitrogens with zero attached hydrogens (tertiary/aromatic N) is 1. The van der Waals surface area contributed by atoms with Gasteiger partial charge in [0.2, 0.25) is 11.8 Å². The zero-order valence-corrected chi connectivity index (χ0v) is 16.2. The Morgan fingerprint density at radius 1 is 1.10 bits per heavy atom. The zero-order valence-electron chi connectivity index (χ0n) is 16.2. The summed E-state index contributed by atoms with van der Waals surface area (Å²) in [7, 11) is 0. The molecular weight excluding hydrogens is 375 g/mol. The summed E-state index contributed by atoms with van der Waals surface area (Å²) in [4.78, 5) is 26.0. The summed E-state index contributed by atoms with van der Waals surface area (Å²) >= 11 is 0. The van der Waals surface area contributed by atoms with E-state index in [4.69, 9.17) is 9.47 Å². The van der Waals surface area contributed by atoms with Crippen molar-refractivity contribution in [2.45, 2.75) is 13.5 Å². The standard InChI is InChI=1S/C22H23FN2O4/c1-2-25(15-21(26)24-14-17-3-7-18(23)8-4-17)22(27)10-6-16-5-9-19-20(13-16)29-12-11-28-19/h3-10,13H,2,11-12,14-15H2,1H3,(H,24,26)/b10-6+. The van der Waals surface area contributed by atoms with E-state index < -0.39 is 0 Å². The van der Waals surface area contributed by atoms with Crippen LogP contribution in [0.4, 0.5) is 4.39 Å². The fraction of sp³-hybridized carbons (Fsp3) is 0.273. The van der Waals surface area contributed by atoms with Gasteiger partial charge in [0.25, 0.3) is 0 Å². The highest BCUT2D eigenvalue weighted by Crippen LogP contribution is 2.31. The third-order valence-corrected chi connectivity index (χ3v) is 4.42. The molecule has 0 saturated heterocycles. The van der Waals surface area contributed by atoms with Crippen LogP contribution < -0.4 is 14.8 Å². The molecule has 2 aromatic rings. The van der Waals surface area contributed by atoms with Gasteiger partial charge in [-0.25, -0.2) is 4.39 Å². The number of benzene rings is 2. The Morgan fingerprint density at radius 3 is 2.55 bits per heavy atom. The number of halogens is 1. The van der Waals surface area contributed by atoms with Gasteiger partial charge in [0.1, 0.15) is 19.0 Å².